The Kier molecular flexibility index (Phi) is 5.46. The van der Waals surface area contributed by atoms with Crippen molar-refractivity contribution in [2.45, 2.75) is 32.4 Å². The van der Waals surface area contributed by atoms with Crippen molar-refractivity contribution >= 4 is 15.9 Å². The average molecular weight is 286 g/mol. The zero-order valence-electron chi connectivity index (χ0n) is 10.1. The molecule has 2 atom stereocenters. The van der Waals surface area contributed by atoms with Crippen LogP contribution in [0.4, 0.5) is 0 Å². The molecule has 2 N–H and O–H groups in total. The molecule has 0 aliphatic carbocycles. The van der Waals surface area contributed by atoms with E-state index in [0.29, 0.717) is 5.92 Å². The summed E-state index contributed by atoms with van der Waals surface area (Å²) in [4.78, 5) is 0. The number of benzene rings is 1. The summed E-state index contributed by atoms with van der Waals surface area (Å²) in [5.74, 6) is 0.433. The first-order valence-electron chi connectivity index (χ1n) is 5.58. The van der Waals surface area contributed by atoms with Gasteiger partial charge < -0.3 is 10.5 Å². The van der Waals surface area contributed by atoms with Gasteiger partial charge >= 0.3 is 0 Å². The zero-order chi connectivity index (χ0) is 12.1. The van der Waals surface area contributed by atoms with Crippen molar-refractivity contribution in [1.29, 1.82) is 0 Å². The van der Waals surface area contributed by atoms with Crippen LogP contribution in [-0.2, 0) is 11.2 Å². The molecule has 0 spiro atoms. The second-order valence-electron chi connectivity index (χ2n) is 4.40. The zero-order valence-corrected chi connectivity index (χ0v) is 11.7. The van der Waals surface area contributed by atoms with Crippen LogP contribution in [0.15, 0.2) is 28.7 Å². The summed E-state index contributed by atoms with van der Waals surface area (Å²) in [5.41, 5.74) is 7.42. The van der Waals surface area contributed by atoms with Gasteiger partial charge in [-0.05, 0) is 24.0 Å². The quantitative estimate of drug-likeness (QED) is 0.903. The van der Waals surface area contributed by atoms with Crippen molar-refractivity contribution in [1.82, 2.24) is 0 Å². The van der Waals surface area contributed by atoms with Gasteiger partial charge in [-0.15, -0.1) is 0 Å². The summed E-state index contributed by atoms with van der Waals surface area (Å²) in [6.07, 6.45) is 0.935. The van der Waals surface area contributed by atoms with Crippen molar-refractivity contribution in [3.8, 4) is 0 Å². The maximum Gasteiger partial charge on any atom is 0.0748 e. The lowest BCUT2D eigenvalue weighted by atomic mass is 9.95. The van der Waals surface area contributed by atoms with Crippen LogP contribution < -0.4 is 5.73 Å². The van der Waals surface area contributed by atoms with Gasteiger partial charge in [0.1, 0.15) is 0 Å². The van der Waals surface area contributed by atoms with Crippen LogP contribution in [0.2, 0.25) is 0 Å². The number of rotatable bonds is 5. The molecule has 16 heavy (non-hydrogen) atoms. The maximum absolute atomic E-state index is 6.18. The second kappa shape index (κ2) is 6.38. The SMILES string of the molecule is COC(C(C)C)C(N)Cc1ccccc1Br. The first-order valence-corrected chi connectivity index (χ1v) is 6.37. The third kappa shape index (κ3) is 3.58. The van der Waals surface area contributed by atoms with Gasteiger partial charge in [0.25, 0.3) is 0 Å². The van der Waals surface area contributed by atoms with E-state index in [4.69, 9.17) is 10.5 Å². The van der Waals surface area contributed by atoms with Crippen molar-refractivity contribution in [2.24, 2.45) is 11.7 Å². The van der Waals surface area contributed by atoms with Crippen LogP contribution in [0.5, 0.6) is 0 Å². The van der Waals surface area contributed by atoms with E-state index in [1.54, 1.807) is 7.11 Å². The highest BCUT2D eigenvalue weighted by Gasteiger charge is 2.21. The van der Waals surface area contributed by atoms with E-state index in [0.717, 1.165) is 10.9 Å². The Labute approximate surface area is 106 Å². The van der Waals surface area contributed by atoms with Crippen LogP contribution in [-0.4, -0.2) is 19.3 Å². The largest absolute Gasteiger partial charge is 0.380 e. The smallest absolute Gasteiger partial charge is 0.0748 e. The van der Waals surface area contributed by atoms with E-state index in [9.17, 15) is 0 Å². The van der Waals surface area contributed by atoms with Gasteiger partial charge in [0.05, 0.1) is 6.10 Å². The fourth-order valence-corrected chi connectivity index (χ4v) is 2.42. The Morgan fingerprint density at radius 3 is 2.44 bits per heavy atom. The first-order chi connectivity index (χ1) is 7.56. The van der Waals surface area contributed by atoms with E-state index in [-0.39, 0.29) is 12.1 Å². The summed E-state index contributed by atoms with van der Waals surface area (Å²) >= 11 is 3.54. The Morgan fingerprint density at radius 2 is 1.94 bits per heavy atom. The number of methoxy groups -OCH3 is 1. The minimum absolute atomic E-state index is 0.0312. The fourth-order valence-electron chi connectivity index (χ4n) is 1.98. The number of hydrogen-bond donors (Lipinski definition) is 1. The molecule has 2 unspecified atom stereocenters. The van der Waals surface area contributed by atoms with E-state index in [2.05, 4.69) is 35.8 Å². The lowest BCUT2D eigenvalue weighted by Gasteiger charge is -2.26. The highest BCUT2D eigenvalue weighted by molar-refractivity contribution is 9.10. The van der Waals surface area contributed by atoms with Gasteiger partial charge in [-0.1, -0.05) is 48.0 Å². The number of ether oxygens (including phenoxy) is 1. The molecule has 0 heterocycles. The van der Waals surface area contributed by atoms with Gasteiger partial charge in [0, 0.05) is 17.6 Å². The Balaban J connectivity index is 2.70. The summed E-state index contributed by atoms with van der Waals surface area (Å²) in [7, 11) is 1.73. The molecule has 0 saturated heterocycles. The van der Waals surface area contributed by atoms with Crippen LogP contribution in [0.25, 0.3) is 0 Å². The third-order valence-electron chi connectivity index (χ3n) is 2.76. The van der Waals surface area contributed by atoms with Gasteiger partial charge in [-0.2, -0.15) is 0 Å². The number of nitrogens with two attached hydrogens (primary N) is 1. The average Bonchev–Trinajstić information content (AvgIpc) is 2.22. The highest BCUT2D eigenvalue weighted by atomic mass is 79.9. The fraction of sp³-hybridized carbons (Fsp3) is 0.538. The minimum atomic E-state index is 0.0312. The molecule has 1 aromatic rings. The number of halogens is 1. The molecule has 0 fully saturated rings. The van der Waals surface area contributed by atoms with Crippen molar-refractivity contribution < 1.29 is 4.74 Å². The maximum atomic E-state index is 6.18. The van der Waals surface area contributed by atoms with Gasteiger partial charge in [-0.3, -0.25) is 0 Å². The molecule has 0 aliphatic rings. The molecule has 3 heteroatoms. The standard InChI is InChI=1S/C13H20BrNO/c1-9(2)13(16-3)12(15)8-10-6-4-5-7-11(10)14/h4-7,9,12-13H,8,15H2,1-3H3. The molecule has 0 saturated carbocycles. The van der Waals surface area contributed by atoms with Crippen LogP contribution in [0.1, 0.15) is 19.4 Å². The predicted molar refractivity (Wildman–Crippen MR) is 71.5 cm³/mol. The molecule has 0 amide bonds. The van der Waals surface area contributed by atoms with Crippen molar-refractivity contribution in [2.75, 3.05) is 7.11 Å². The highest BCUT2D eigenvalue weighted by Crippen LogP contribution is 2.20. The van der Waals surface area contributed by atoms with E-state index >= 15 is 0 Å². The van der Waals surface area contributed by atoms with Gasteiger partial charge in [0.15, 0.2) is 0 Å². The van der Waals surface area contributed by atoms with Gasteiger partial charge in [0.2, 0.25) is 0 Å². The first kappa shape index (κ1) is 13.7. The third-order valence-corrected chi connectivity index (χ3v) is 3.54. The normalized spacial score (nSPS) is 15.1. The summed E-state index contributed by atoms with van der Waals surface area (Å²) in [5, 5.41) is 0. The van der Waals surface area contributed by atoms with Gasteiger partial charge in [-0.25, -0.2) is 0 Å². The molecular formula is C13H20BrNO. The van der Waals surface area contributed by atoms with Crippen LogP contribution in [0.3, 0.4) is 0 Å². The second-order valence-corrected chi connectivity index (χ2v) is 5.26. The Morgan fingerprint density at radius 1 is 1.31 bits per heavy atom. The number of hydrogen-bond acceptors (Lipinski definition) is 2. The van der Waals surface area contributed by atoms with E-state index < -0.39 is 0 Å². The lowest BCUT2D eigenvalue weighted by Crippen LogP contribution is -2.41. The Hall–Kier alpha value is -0.380. The molecule has 1 rings (SSSR count). The van der Waals surface area contributed by atoms with E-state index in [1.807, 2.05) is 18.2 Å². The molecular weight excluding hydrogens is 266 g/mol. The van der Waals surface area contributed by atoms with Crippen molar-refractivity contribution in [3.63, 3.8) is 0 Å². The molecule has 0 aromatic heterocycles. The summed E-state index contributed by atoms with van der Waals surface area (Å²) in [6, 6.07) is 8.21. The summed E-state index contributed by atoms with van der Waals surface area (Å²) in [6.45, 7) is 4.27. The van der Waals surface area contributed by atoms with Crippen molar-refractivity contribution in [3.05, 3.63) is 34.3 Å². The van der Waals surface area contributed by atoms with Crippen LogP contribution in [0, 0.1) is 5.92 Å². The minimum Gasteiger partial charge on any atom is -0.380 e. The summed E-state index contributed by atoms with van der Waals surface area (Å²) < 4.78 is 6.56. The van der Waals surface area contributed by atoms with Crippen LogP contribution >= 0.6 is 15.9 Å². The molecule has 2 nitrogen and oxygen atoms in total. The topological polar surface area (TPSA) is 35.2 Å². The lowest BCUT2D eigenvalue weighted by molar-refractivity contribution is 0.0441. The monoisotopic (exact) mass is 285 g/mol. The molecule has 90 valence electrons. The van der Waals surface area contributed by atoms with E-state index in [1.165, 1.54) is 5.56 Å². The molecule has 0 aliphatic heterocycles. The Bertz CT molecular complexity index is 327. The molecule has 1 aromatic carbocycles. The predicted octanol–water partition coefficient (Wildman–Crippen LogP) is 2.99. The molecule has 0 bridgehead atoms. The molecule has 0 radical (unpaired) electrons.